The highest BCUT2D eigenvalue weighted by Crippen LogP contribution is 2.63. The van der Waals surface area contributed by atoms with Gasteiger partial charge in [0.25, 0.3) is 0 Å². The maximum Gasteiger partial charge on any atom is 0.233 e. The van der Waals surface area contributed by atoms with Crippen LogP contribution in [0.2, 0.25) is 5.02 Å². The average Bonchev–Trinajstić information content (AvgIpc) is 3.07. The van der Waals surface area contributed by atoms with Gasteiger partial charge in [0.15, 0.2) is 0 Å². The second-order valence-corrected chi connectivity index (χ2v) is 11.4. The summed E-state index contributed by atoms with van der Waals surface area (Å²) < 4.78 is 7.93. The fourth-order valence-electron chi connectivity index (χ4n) is 6.10. The molecule has 2 saturated heterocycles. The summed E-state index contributed by atoms with van der Waals surface area (Å²) in [5.41, 5.74) is 5.34. The Morgan fingerprint density at radius 1 is 1.17 bits per heavy atom. The van der Waals surface area contributed by atoms with Crippen LogP contribution in [0.4, 0.5) is 0 Å². The maximum atomic E-state index is 12.9. The number of nitrogens with one attached hydrogen (secondary N) is 1. The van der Waals surface area contributed by atoms with E-state index in [1.54, 1.807) is 4.52 Å². The number of morpholine rings is 1. The molecule has 2 amide bonds. The Labute approximate surface area is 215 Å². The van der Waals surface area contributed by atoms with E-state index in [1.165, 1.54) is 11.2 Å². The summed E-state index contributed by atoms with van der Waals surface area (Å²) in [5, 5.41) is 8.48. The molecule has 8 nitrogen and oxygen atoms in total. The van der Waals surface area contributed by atoms with Gasteiger partial charge in [-0.2, -0.15) is 5.10 Å². The molecule has 188 valence electrons. The first-order chi connectivity index (χ1) is 17.1. The molecular weight excluding hydrogens is 478 g/mol. The summed E-state index contributed by atoms with van der Waals surface area (Å²) in [5.74, 6) is -0.513. The van der Waals surface area contributed by atoms with Crippen molar-refractivity contribution in [3.63, 3.8) is 0 Å². The number of rotatable bonds is 5. The zero-order valence-corrected chi connectivity index (χ0v) is 21.7. The highest BCUT2D eigenvalue weighted by atomic mass is 35.5. The number of hydrogen-bond acceptors (Lipinski definition) is 6. The number of piperidine rings is 1. The van der Waals surface area contributed by atoms with Gasteiger partial charge >= 0.3 is 0 Å². The van der Waals surface area contributed by atoms with Crippen molar-refractivity contribution in [3.05, 3.63) is 52.4 Å². The Balaban J connectivity index is 1.35. The molecule has 1 aromatic carbocycles. The quantitative estimate of drug-likeness (QED) is 0.532. The zero-order chi connectivity index (χ0) is 25.4. The fourth-order valence-corrected chi connectivity index (χ4v) is 6.37. The van der Waals surface area contributed by atoms with Crippen molar-refractivity contribution in [3.8, 4) is 11.3 Å². The zero-order valence-electron chi connectivity index (χ0n) is 20.9. The second kappa shape index (κ2) is 8.36. The second-order valence-electron chi connectivity index (χ2n) is 11.0. The topological polar surface area (TPSA) is 88.8 Å². The van der Waals surface area contributed by atoms with E-state index in [0.29, 0.717) is 5.02 Å². The van der Waals surface area contributed by atoms with Gasteiger partial charge in [-0.05, 0) is 54.2 Å². The molecule has 1 N–H and O–H groups in total. The molecular formula is C27H30ClN5O3. The van der Waals surface area contributed by atoms with Crippen molar-refractivity contribution in [2.75, 3.05) is 13.1 Å². The average molecular weight is 508 g/mol. The number of imide groups is 1. The Bertz CT molecular complexity index is 1380. The molecule has 3 unspecified atom stereocenters. The first kappa shape index (κ1) is 23.6. The lowest BCUT2D eigenvalue weighted by Crippen LogP contribution is -2.44. The molecule has 6 rings (SSSR count). The molecule has 36 heavy (non-hydrogen) atoms. The first-order valence-electron chi connectivity index (χ1n) is 12.5. The van der Waals surface area contributed by atoms with E-state index in [4.69, 9.17) is 16.3 Å². The third-order valence-corrected chi connectivity index (χ3v) is 8.27. The molecule has 2 aromatic heterocycles. The minimum absolute atomic E-state index is 0.0513. The van der Waals surface area contributed by atoms with Crippen molar-refractivity contribution < 1.29 is 14.3 Å². The molecule has 1 aliphatic carbocycles. The highest BCUT2D eigenvalue weighted by molar-refractivity contribution is 6.31. The standard InChI is InChI=1S/C27H30ClN5O3/c1-14-5-17(28)7-20(19(14)8-18-10-29-9-15(2)36-18)24-21-6-16(12-33(21)31-13-30-24)11-32-25(34)22-23(26(32)35)27(22,3)4/h5-7,12-13,15,18,22-23,29H,8-11H2,1-4H3/t15-,18?,22?,23?/m0/s1. The maximum absolute atomic E-state index is 12.9. The van der Waals surface area contributed by atoms with E-state index < -0.39 is 0 Å². The predicted molar refractivity (Wildman–Crippen MR) is 135 cm³/mol. The van der Waals surface area contributed by atoms with Crippen LogP contribution in [0.25, 0.3) is 16.8 Å². The molecule has 4 heterocycles. The summed E-state index contributed by atoms with van der Waals surface area (Å²) in [7, 11) is 0. The Morgan fingerprint density at radius 2 is 1.92 bits per heavy atom. The Hall–Kier alpha value is -2.81. The van der Waals surface area contributed by atoms with Crippen molar-refractivity contribution in [1.29, 1.82) is 0 Å². The van der Waals surface area contributed by atoms with Crippen LogP contribution in [0.15, 0.2) is 30.7 Å². The number of fused-ring (bicyclic) bond motifs is 2. The summed E-state index contributed by atoms with van der Waals surface area (Å²) in [4.78, 5) is 31.7. The highest BCUT2D eigenvalue weighted by Gasteiger charge is 2.72. The van der Waals surface area contributed by atoms with Crippen LogP contribution in [0.3, 0.4) is 0 Å². The lowest BCUT2D eigenvalue weighted by molar-refractivity contribution is -0.143. The number of amides is 2. The number of aromatic nitrogens is 3. The number of nitrogens with zero attached hydrogens (tertiary/aromatic N) is 4. The number of likely N-dealkylation sites (tertiary alicyclic amines) is 1. The van der Waals surface area contributed by atoms with Crippen molar-refractivity contribution in [1.82, 2.24) is 24.8 Å². The molecule has 2 aliphatic heterocycles. The number of benzene rings is 1. The van der Waals surface area contributed by atoms with Crippen LogP contribution in [-0.4, -0.2) is 56.6 Å². The molecule has 3 aliphatic rings. The number of ether oxygens (including phenoxy) is 1. The number of hydrogen-bond donors (Lipinski definition) is 1. The summed E-state index contributed by atoms with van der Waals surface area (Å²) in [6, 6.07) is 5.88. The van der Waals surface area contributed by atoms with E-state index in [0.717, 1.165) is 53.0 Å². The lowest BCUT2D eigenvalue weighted by atomic mass is 9.93. The van der Waals surface area contributed by atoms with Gasteiger partial charge in [-0.1, -0.05) is 25.4 Å². The monoisotopic (exact) mass is 507 g/mol. The molecule has 0 spiro atoms. The number of halogens is 1. The van der Waals surface area contributed by atoms with Crippen molar-refractivity contribution in [2.24, 2.45) is 17.3 Å². The normalized spacial score (nSPS) is 27.1. The third-order valence-electron chi connectivity index (χ3n) is 8.05. The summed E-state index contributed by atoms with van der Waals surface area (Å²) in [6.45, 7) is 9.99. The molecule has 9 heteroatoms. The summed E-state index contributed by atoms with van der Waals surface area (Å²) in [6.07, 6.45) is 4.33. The predicted octanol–water partition coefficient (Wildman–Crippen LogP) is 3.42. The molecule has 0 bridgehead atoms. The van der Waals surface area contributed by atoms with Gasteiger partial charge in [-0.15, -0.1) is 0 Å². The van der Waals surface area contributed by atoms with Crippen LogP contribution in [0.5, 0.6) is 0 Å². The third kappa shape index (κ3) is 3.74. The summed E-state index contributed by atoms with van der Waals surface area (Å²) >= 11 is 6.51. The van der Waals surface area contributed by atoms with E-state index in [1.807, 2.05) is 38.2 Å². The van der Waals surface area contributed by atoms with E-state index in [9.17, 15) is 9.59 Å². The molecule has 0 radical (unpaired) electrons. The van der Waals surface area contributed by atoms with E-state index >= 15 is 0 Å². The minimum Gasteiger partial charge on any atom is -0.372 e. The number of carbonyl (C=O) groups excluding carboxylic acids is 2. The van der Waals surface area contributed by atoms with E-state index in [-0.39, 0.29) is 47.8 Å². The van der Waals surface area contributed by atoms with Crippen LogP contribution in [0, 0.1) is 24.2 Å². The molecule has 4 atom stereocenters. The Morgan fingerprint density at radius 3 is 2.64 bits per heavy atom. The van der Waals surface area contributed by atoms with Crippen molar-refractivity contribution >= 4 is 28.9 Å². The molecule has 1 saturated carbocycles. The Kier molecular flexibility index (Phi) is 5.48. The van der Waals surface area contributed by atoms with Gasteiger partial charge in [0, 0.05) is 36.3 Å². The fraction of sp³-hybridized carbons (Fsp3) is 0.481. The van der Waals surface area contributed by atoms with Crippen LogP contribution in [0.1, 0.15) is 37.5 Å². The van der Waals surface area contributed by atoms with Gasteiger partial charge in [0.05, 0.1) is 41.8 Å². The minimum atomic E-state index is -0.217. The smallest absolute Gasteiger partial charge is 0.233 e. The van der Waals surface area contributed by atoms with Gasteiger partial charge in [0.1, 0.15) is 6.33 Å². The van der Waals surface area contributed by atoms with Crippen molar-refractivity contribution in [2.45, 2.75) is 52.9 Å². The van der Waals surface area contributed by atoms with Crippen LogP contribution < -0.4 is 5.32 Å². The van der Waals surface area contributed by atoms with Gasteiger partial charge in [-0.25, -0.2) is 9.50 Å². The number of carbonyl (C=O) groups is 2. The largest absolute Gasteiger partial charge is 0.372 e. The van der Waals surface area contributed by atoms with Crippen LogP contribution >= 0.6 is 11.6 Å². The number of aryl methyl sites for hydroxylation is 1. The van der Waals surface area contributed by atoms with Crippen LogP contribution in [-0.2, 0) is 27.3 Å². The first-order valence-corrected chi connectivity index (χ1v) is 12.9. The van der Waals surface area contributed by atoms with Gasteiger partial charge in [-0.3, -0.25) is 14.5 Å². The van der Waals surface area contributed by atoms with E-state index in [2.05, 4.69) is 29.2 Å². The van der Waals surface area contributed by atoms with Gasteiger partial charge in [0.2, 0.25) is 11.8 Å². The lowest BCUT2D eigenvalue weighted by Gasteiger charge is -2.30. The molecule has 3 aromatic rings. The van der Waals surface area contributed by atoms with Gasteiger partial charge < -0.3 is 10.1 Å². The SMILES string of the molecule is Cc1cc(Cl)cc(-c2ncnn3cc(CN4C(=O)C5C(C4=O)C5(C)C)cc23)c1CC1CNC[C@H](C)O1. The molecule has 3 fully saturated rings.